The van der Waals surface area contributed by atoms with E-state index in [0.29, 0.717) is 18.0 Å². The zero-order valence-electron chi connectivity index (χ0n) is 9.95. The molecule has 0 bridgehead atoms. The molecule has 1 aliphatic heterocycles. The largest absolute Gasteiger partial charge is 0.378 e. The second kappa shape index (κ2) is 5.87. The van der Waals surface area contributed by atoms with E-state index in [0.717, 1.165) is 13.0 Å². The number of hydrogen-bond acceptors (Lipinski definition) is 3. The molecule has 2 atom stereocenters. The summed E-state index contributed by atoms with van der Waals surface area (Å²) in [6.07, 6.45) is 1.15. The Morgan fingerprint density at radius 1 is 1.56 bits per heavy atom. The Morgan fingerprint density at radius 3 is 2.94 bits per heavy atom. The predicted octanol–water partition coefficient (Wildman–Crippen LogP) is 2.54. The van der Waals surface area contributed by atoms with E-state index in [1.54, 1.807) is 12.1 Å². The second-order valence-electron chi connectivity index (χ2n) is 4.31. The predicted molar refractivity (Wildman–Crippen MR) is 70.1 cm³/mol. The van der Waals surface area contributed by atoms with Crippen LogP contribution in [0.2, 0.25) is 10.3 Å². The number of aromatic nitrogens is 1. The monoisotopic (exact) mass is 288 g/mol. The van der Waals surface area contributed by atoms with E-state index in [2.05, 4.69) is 10.3 Å². The summed E-state index contributed by atoms with van der Waals surface area (Å²) in [5, 5.41) is 3.24. The van der Waals surface area contributed by atoms with Crippen LogP contribution in [0, 0.1) is 5.92 Å². The van der Waals surface area contributed by atoms with Gasteiger partial charge in [0.05, 0.1) is 11.7 Å². The van der Waals surface area contributed by atoms with Gasteiger partial charge in [-0.1, -0.05) is 23.2 Å². The summed E-state index contributed by atoms with van der Waals surface area (Å²) >= 11 is 11.5. The fourth-order valence-electron chi connectivity index (χ4n) is 1.94. The number of rotatable bonds is 3. The Morgan fingerprint density at radius 2 is 2.33 bits per heavy atom. The minimum absolute atomic E-state index is 0.121. The first-order valence-electron chi connectivity index (χ1n) is 5.80. The van der Waals surface area contributed by atoms with Gasteiger partial charge in [-0.15, -0.1) is 0 Å². The molecular formula is C12H14Cl2N2O2. The van der Waals surface area contributed by atoms with Crippen LogP contribution in [-0.4, -0.2) is 30.1 Å². The molecule has 1 N–H and O–H groups in total. The Hall–Kier alpha value is -0.840. The lowest BCUT2D eigenvalue weighted by Gasteiger charge is -2.14. The molecule has 1 fully saturated rings. The third-order valence-corrected chi connectivity index (χ3v) is 3.62. The van der Waals surface area contributed by atoms with Crippen molar-refractivity contribution < 1.29 is 9.53 Å². The van der Waals surface area contributed by atoms with Crippen LogP contribution in [0.4, 0.5) is 0 Å². The van der Waals surface area contributed by atoms with Gasteiger partial charge >= 0.3 is 0 Å². The first kappa shape index (κ1) is 13.6. The summed E-state index contributed by atoms with van der Waals surface area (Å²) in [6.45, 7) is 3.35. The van der Waals surface area contributed by atoms with Gasteiger partial charge in [-0.05, 0) is 25.5 Å². The van der Waals surface area contributed by atoms with Crippen molar-refractivity contribution >= 4 is 29.1 Å². The van der Waals surface area contributed by atoms with Gasteiger partial charge in [-0.3, -0.25) is 4.79 Å². The van der Waals surface area contributed by atoms with Crippen molar-refractivity contribution in [2.45, 2.75) is 19.4 Å². The molecule has 18 heavy (non-hydrogen) atoms. The second-order valence-corrected chi connectivity index (χ2v) is 5.05. The number of nitrogens with one attached hydrogen (secondary N) is 1. The zero-order valence-corrected chi connectivity index (χ0v) is 11.5. The van der Waals surface area contributed by atoms with E-state index in [1.807, 2.05) is 6.92 Å². The zero-order chi connectivity index (χ0) is 13.1. The number of carbonyl (C=O) groups is 1. The summed E-state index contributed by atoms with van der Waals surface area (Å²) in [4.78, 5) is 15.8. The standard InChI is InChI=1S/C12H14Cl2N2O2/c1-7-8(4-5-18-7)6-15-12(17)9-2-3-10(13)16-11(9)14/h2-3,7-8H,4-6H2,1H3,(H,15,17). The maximum Gasteiger partial charge on any atom is 0.254 e. The van der Waals surface area contributed by atoms with Crippen LogP contribution in [-0.2, 0) is 4.74 Å². The summed E-state index contributed by atoms with van der Waals surface area (Å²) in [5.41, 5.74) is 0.340. The van der Waals surface area contributed by atoms with E-state index >= 15 is 0 Å². The van der Waals surface area contributed by atoms with Gasteiger partial charge in [0.2, 0.25) is 0 Å². The molecule has 2 unspecified atom stereocenters. The van der Waals surface area contributed by atoms with Crippen molar-refractivity contribution in [1.29, 1.82) is 0 Å². The van der Waals surface area contributed by atoms with Crippen molar-refractivity contribution in [3.63, 3.8) is 0 Å². The van der Waals surface area contributed by atoms with Crippen molar-refractivity contribution in [3.8, 4) is 0 Å². The van der Waals surface area contributed by atoms with Gasteiger partial charge in [0, 0.05) is 19.1 Å². The maximum atomic E-state index is 11.9. The fraction of sp³-hybridized carbons (Fsp3) is 0.500. The minimum Gasteiger partial charge on any atom is -0.378 e. The first-order valence-corrected chi connectivity index (χ1v) is 6.55. The van der Waals surface area contributed by atoms with Gasteiger partial charge in [-0.25, -0.2) is 4.98 Å². The summed E-state index contributed by atoms with van der Waals surface area (Å²) in [5.74, 6) is 0.122. The molecule has 0 aliphatic carbocycles. The van der Waals surface area contributed by atoms with Crippen LogP contribution < -0.4 is 5.32 Å². The lowest BCUT2D eigenvalue weighted by Crippen LogP contribution is -2.32. The highest BCUT2D eigenvalue weighted by molar-refractivity contribution is 6.34. The van der Waals surface area contributed by atoms with Crippen LogP contribution in [0.1, 0.15) is 23.7 Å². The Kier molecular flexibility index (Phi) is 4.43. The summed E-state index contributed by atoms with van der Waals surface area (Å²) < 4.78 is 5.44. The van der Waals surface area contributed by atoms with Gasteiger partial charge in [0.1, 0.15) is 10.3 Å². The highest BCUT2D eigenvalue weighted by Crippen LogP contribution is 2.20. The van der Waals surface area contributed by atoms with Crippen LogP contribution >= 0.6 is 23.2 Å². The van der Waals surface area contributed by atoms with Gasteiger partial charge in [0.25, 0.3) is 5.91 Å². The van der Waals surface area contributed by atoms with E-state index in [4.69, 9.17) is 27.9 Å². The Balaban J connectivity index is 1.95. The number of hydrogen-bond donors (Lipinski definition) is 1. The molecule has 0 aromatic carbocycles. The molecule has 0 radical (unpaired) electrons. The number of amides is 1. The quantitative estimate of drug-likeness (QED) is 0.870. The lowest BCUT2D eigenvalue weighted by molar-refractivity contribution is 0.0907. The molecule has 1 amide bonds. The highest BCUT2D eigenvalue weighted by Gasteiger charge is 2.24. The van der Waals surface area contributed by atoms with Gasteiger partial charge < -0.3 is 10.1 Å². The van der Waals surface area contributed by atoms with Crippen LogP contribution in [0.5, 0.6) is 0 Å². The van der Waals surface area contributed by atoms with Crippen LogP contribution in [0.3, 0.4) is 0 Å². The van der Waals surface area contributed by atoms with Crippen LogP contribution in [0.25, 0.3) is 0 Å². The molecule has 2 heterocycles. The third-order valence-electron chi connectivity index (χ3n) is 3.12. The van der Waals surface area contributed by atoms with Crippen molar-refractivity contribution in [3.05, 3.63) is 28.0 Å². The molecule has 98 valence electrons. The van der Waals surface area contributed by atoms with E-state index in [9.17, 15) is 4.79 Å². The van der Waals surface area contributed by atoms with E-state index in [-0.39, 0.29) is 22.3 Å². The summed E-state index contributed by atoms with van der Waals surface area (Å²) in [6, 6.07) is 3.12. The van der Waals surface area contributed by atoms with Crippen molar-refractivity contribution in [2.75, 3.05) is 13.2 Å². The SMILES string of the molecule is CC1OCCC1CNC(=O)c1ccc(Cl)nc1Cl. The minimum atomic E-state index is -0.233. The third kappa shape index (κ3) is 3.13. The van der Waals surface area contributed by atoms with Crippen molar-refractivity contribution in [2.24, 2.45) is 5.92 Å². The fourth-order valence-corrected chi connectivity index (χ4v) is 2.38. The van der Waals surface area contributed by atoms with E-state index < -0.39 is 0 Å². The normalized spacial score (nSPS) is 23.1. The number of ether oxygens (including phenoxy) is 1. The molecule has 1 aromatic heterocycles. The average Bonchev–Trinajstić information content (AvgIpc) is 2.72. The first-order chi connectivity index (χ1) is 8.58. The molecule has 0 spiro atoms. The van der Waals surface area contributed by atoms with E-state index in [1.165, 1.54) is 0 Å². The highest BCUT2D eigenvalue weighted by atomic mass is 35.5. The number of nitrogens with zero attached hydrogens (tertiary/aromatic N) is 1. The smallest absolute Gasteiger partial charge is 0.254 e. The summed E-state index contributed by atoms with van der Waals surface area (Å²) in [7, 11) is 0. The van der Waals surface area contributed by atoms with Crippen molar-refractivity contribution in [1.82, 2.24) is 10.3 Å². The number of pyridine rings is 1. The molecular weight excluding hydrogens is 275 g/mol. The molecule has 1 aliphatic rings. The van der Waals surface area contributed by atoms with Gasteiger partial charge in [-0.2, -0.15) is 0 Å². The molecule has 0 saturated carbocycles. The lowest BCUT2D eigenvalue weighted by atomic mass is 10.0. The Labute approximate surface area is 116 Å². The number of halogens is 2. The Bertz CT molecular complexity index is 454. The topological polar surface area (TPSA) is 51.2 Å². The molecule has 2 rings (SSSR count). The molecule has 4 nitrogen and oxygen atoms in total. The molecule has 1 aromatic rings. The maximum absolute atomic E-state index is 11.9. The molecule has 1 saturated heterocycles. The van der Waals surface area contributed by atoms with Crippen LogP contribution in [0.15, 0.2) is 12.1 Å². The molecule has 6 heteroatoms. The number of carbonyl (C=O) groups excluding carboxylic acids is 1. The van der Waals surface area contributed by atoms with Gasteiger partial charge in [0.15, 0.2) is 0 Å². The average molecular weight is 289 g/mol.